The smallest absolute Gasteiger partial charge is 0.342 e. The lowest BCUT2D eigenvalue weighted by Crippen LogP contribution is -2.08. The molecule has 146 valence electrons. The maximum Gasteiger partial charge on any atom is 0.342 e. The van der Waals surface area contributed by atoms with Gasteiger partial charge in [-0.05, 0) is 31.2 Å². The molecule has 2 aromatic heterocycles. The number of para-hydroxylation sites is 1. The van der Waals surface area contributed by atoms with Crippen LogP contribution >= 0.6 is 11.3 Å². The van der Waals surface area contributed by atoms with Gasteiger partial charge in [-0.15, -0.1) is 21.5 Å². The van der Waals surface area contributed by atoms with Crippen LogP contribution in [0.25, 0.3) is 11.5 Å². The fraction of sp³-hybridized carbons (Fsp3) is 0.143. The molecule has 0 fully saturated rings. The van der Waals surface area contributed by atoms with Crippen molar-refractivity contribution in [2.24, 2.45) is 0 Å². The summed E-state index contributed by atoms with van der Waals surface area (Å²) in [7, 11) is 0. The van der Waals surface area contributed by atoms with E-state index in [9.17, 15) is 4.79 Å². The highest BCUT2D eigenvalue weighted by molar-refractivity contribution is 7.09. The Labute approximate surface area is 171 Å². The topological polar surface area (TPSA) is 87.3 Å². The van der Waals surface area contributed by atoms with Gasteiger partial charge < -0.3 is 13.9 Å². The summed E-state index contributed by atoms with van der Waals surface area (Å²) in [4.78, 5) is 16.9. The van der Waals surface area contributed by atoms with Crippen LogP contribution in [0, 0.1) is 6.92 Å². The minimum atomic E-state index is -0.533. The maximum absolute atomic E-state index is 12.5. The van der Waals surface area contributed by atoms with E-state index in [1.54, 1.807) is 35.6 Å². The number of ether oxygens (including phenoxy) is 2. The van der Waals surface area contributed by atoms with Crippen molar-refractivity contribution in [1.29, 1.82) is 0 Å². The summed E-state index contributed by atoms with van der Waals surface area (Å²) in [5.74, 6) is 0.487. The van der Waals surface area contributed by atoms with E-state index in [0.29, 0.717) is 17.2 Å². The number of aryl methyl sites for hydroxylation is 1. The van der Waals surface area contributed by atoms with Crippen LogP contribution in [0.2, 0.25) is 0 Å². The number of hydrogen-bond donors (Lipinski definition) is 0. The summed E-state index contributed by atoms with van der Waals surface area (Å²) < 4.78 is 16.7. The predicted octanol–water partition coefficient (Wildman–Crippen LogP) is 4.44. The van der Waals surface area contributed by atoms with E-state index in [1.807, 2.05) is 42.6 Å². The molecule has 0 radical (unpaired) electrons. The van der Waals surface area contributed by atoms with Gasteiger partial charge in [0.25, 0.3) is 5.89 Å². The van der Waals surface area contributed by atoms with Crippen LogP contribution in [0.4, 0.5) is 0 Å². The van der Waals surface area contributed by atoms with Crippen molar-refractivity contribution < 1.29 is 18.7 Å². The Bertz CT molecular complexity index is 1110. The molecular formula is C21H17N3O4S. The maximum atomic E-state index is 12.5. The molecule has 4 rings (SSSR count). The van der Waals surface area contributed by atoms with Crippen LogP contribution in [0.15, 0.2) is 64.4 Å². The van der Waals surface area contributed by atoms with Gasteiger partial charge in [-0.3, -0.25) is 0 Å². The van der Waals surface area contributed by atoms with E-state index in [1.165, 1.54) is 0 Å². The van der Waals surface area contributed by atoms with Crippen LogP contribution < -0.4 is 4.74 Å². The molecule has 2 heterocycles. The van der Waals surface area contributed by atoms with Gasteiger partial charge in [0.1, 0.15) is 17.9 Å². The Kier molecular flexibility index (Phi) is 5.62. The van der Waals surface area contributed by atoms with E-state index in [0.717, 1.165) is 16.3 Å². The van der Waals surface area contributed by atoms with Crippen LogP contribution in [-0.4, -0.2) is 21.2 Å². The molecule has 0 aliphatic heterocycles. The first-order valence-corrected chi connectivity index (χ1v) is 9.75. The molecular weight excluding hydrogens is 390 g/mol. The van der Waals surface area contributed by atoms with Crippen LogP contribution in [0.5, 0.6) is 5.75 Å². The Morgan fingerprint density at radius 2 is 1.83 bits per heavy atom. The van der Waals surface area contributed by atoms with Crippen molar-refractivity contribution >= 4 is 17.3 Å². The van der Waals surface area contributed by atoms with Crippen molar-refractivity contribution in [3.8, 4) is 17.2 Å². The van der Waals surface area contributed by atoms with Crippen molar-refractivity contribution in [1.82, 2.24) is 15.2 Å². The SMILES string of the molecule is Cc1nc(COc2ccccc2C(=O)OCc2nnc(-c3ccccc3)o2)cs1. The highest BCUT2D eigenvalue weighted by Crippen LogP contribution is 2.22. The minimum Gasteiger partial charge on any atom is -0.486 e. The Hall–Kier alpha value is -3.52. The molecule has 0 atom stereocenters. The molecule has 0 saturated heterocycles. The zero-order valence-electron chi connectivity index (χ0n) is 15.6. The summed E-state index contributed by atoms with van der Waals surface area (Å²) in [6.07, 6.45) is 0. The first kappa shape index (κ1) is 18.8. The van der Waals surface area contributed by atoms with E-state index in [2.05, 4.69) is 15.2 Å². The molecule has 0 N–H and O–H groups in total. The van der Waals surface area contributed by atoms with E-state index in [-0.39, 0.29) is 19.1 Å². The van der Waals surface area contributed by atoms with Gasteiger partial charge in [0.05, 0.1) is 10.7 Å². The number of thiazole rings is 1. The summed E-state index contributed by atoms with van der Waals surface area (Å²) in [6.45, 7) is 2.08. The molecule has 29 heavy (non-hydrogen) atoms. The molecule has 0 aliphatic rings. The van der Waals surface area contributed by atoms with Crippen molar-refractivity contribution in [2.45, 2.75) is 20.1 Å². The summed E-state index contributed by atoms with van der Waals surface area (Å²) in [5, 5.41) is 10.8. The largest absolute Gasteiger partial charge is 0.486 e. The van der Waals surface area contributed by atoms with Crippen LogP contribution in [0.3, 0.4) is 0 Å². The highest BCUT2D eigenvalue weighted by atomic mass is 32.1. The Morgan fingerprint density at radius 3 is 2.62 bits per heavy atom. The standard InChI is InChI=1S/C21H17N3O4S/c1-14-22-16(13-29-14)11-26-18-10-6-5-9-17(18)21(25)27-12-19-23-24-20(28-19)15-7-3-2-4-8-15/h2-10,13H,11-12H2,1H3. The molecule has 2 aromatic carbocycles. The normalized spacial score (nSPS) is 10.7. The van der Waals surface area contributed by atoms with E-state index >= 15 is 0 Å². The summed E-state index contributed by atoms with van der Waals surface area (Å²) >= 11 is 1.55. The van der Waals surface area contributed by atoms with Gasteiger partial charge in [-0.2, -0.15) is 0 Å². The monoisotopic (exact) mass is 407 g/mol. The fourth-order valence-electron chi connectivity index (χ4n) is 2.60. The molecule has 4 aromatic rings. The number of esters is 1. The molecule has 8 heteroatoms. The van der Waals surface area contributed by atoms with Gasteiger partial charge in [-0.1, -0.05) is 30.3 Å². The van der Waals surface area contributed by atoms with Crippen molar-refractivity contribution in [3.63, 3.8) is 0 Å². The van der Waals surface area contributed by atoms with E-state index in [4.69, 9.17) is 13.9 Å². The average molecular weight is 407 g/mol. The van der Waals surface area contributed by atoms with Crippen LogP contribution in [-0.2, 0) is 18.0 Å². The molecule has 7 nitrogen and oxygen atoms in total. The van der Waals surface area contributed by atoms with E-state index < -0.39 is 5.97 Å². The minimum absolute atomic E-state index is 0.127. The quantitative estimate of drug-likeness (QED) is 0.419. The predicted molar refractivity (Wildman–Crippen MR) is 106 cm³/mol. The second-order valence-corrected chi connectivity index (χ2v) is 7.15. The number of hydrogen-bond acceptors (Lipinski definition) is 8. The second kappa shape index (κ2) is 8.66. The number of benzene rings is 2. The Morgan fingerprint density at radius 1 is 1.03 bits per heavy atom. The molecule has 0 spiro atoms. The fourth-order valence-corrected chi connectivity index (χ4v) is 3.20. The van der Waals surface area contributed by atoms with Gasteiger partial charge in [-0.25, -0.2) is 9.78 Å². The number of rotatable bonds is 7. The first-order valence-electron chi connectivity index (χ1n) is 8.87. The molecule has 0 bridgehead atoms. The number of carbonyl (C=O) groups excluding carboxylic acids is 1. The third-order valence-corrected chi connectivity index (χ3v) is 4.79. The molecule has 0 aliphatic carbocycles. The molecule has 0 amide bonds. The number of aromatic nitrogens is 3. The lowest BCUT2D eigenvalue weighted by Gasteiger charge is -2.09. The zero-order chi connectivity index (χ0) is 20.1. The lowest BCUT2D eigenvalue weighted by atomic mass is 10.2. The summed E-state index contributed by atoms with van der Waals surface area (Å²) in [5.41, 5.74) is 1.94. The third kappa shape index (κ3) is 4.67. The summed E-state index contributed by atoms with van der Waals surface area (Å²) in [6, 6.07) is 16.3. The lowest BCUT2D eigenvalue weighted by molar-refractivity contribution is 0.0433. The number of carbonyl (C=O) groups is 1. The second-order valence-electron chi connectivity index (χ2n) is 6.09. The Balaban J connectivity index is 1.39. The zero-order valence-corrected chi connectivity index (χ0v) is 16.4. The van der Waals surface area contributed by atoms with Crippen molar-refractivity contribution in [2.75, 3.05) is 0 Å². The van der Waals surface area contributed by atoms with Crippen molar-refractivity contribution in [3.05, 3.63) is 82.1 Å². The third-order valence-electron chi connectivity index (χ3n) is 3.96. The highest BCUT2D eigenvalue weighted by Gasteiger charge is 2.16. The number of nitrogens with zero attached hydrogens (tertiary/aromatic N) is 3. The molecule has 0 unspecified atom stereocenters. The molecule has 0 saturated carbocycles. The van der Waals surface area contributed by atoms with Gasteiger partial charge >= 0.3 is 5.97 Å². The average Bonchev–Trinajstić information content (AvgIpc) is 3.40. The van der Waals surface area contributed by atoms with Crippen LogP contribution in [0.1, 0.15) is 27.0 Å². The first-order chi connectivity index (χ1) is 14.2. The van der Waals surface area contributed by atoms with Gasteiger partial charge in [0, 0.05) is 10.9 Å². The van der Waals surface area contributed by atoms with Gasteiger partial charge in [0.15, 0.2) is 6.61 Å². The van der Waals surface area contributed by atoms with Gasteiger partial charge in [0.2, 0.25) is 5.89 Å².